The molecule has 5 heteroatoms. The molecule has 162 valence electrons. The number of hydrogen-bond acceptors (Lipinski definition) is 4. The zero-order chi connectivity index (χ0) is 22.5. The maximum atomic E-state index is 12.5. The first-order valence-corrected chi connectivity index (χ1v) is 10.9. The van der Waals surface area contributed by atoms with Crippen LogP contribution in [0.4, 0.5) is 0 Å². The molecular formula is C27H27N3O2. The van der Waals surface area contributed by atoms with Crippen molar-refractivity contribution in [2.24, 2.45) is 5.92 Å². The Labute approximate surface area is 188 Å². The first kappa shape index (κ1) is 21.5. The van der Waals surface area contributed by atoms with E-state index in [2.05, 4.69) is 55.3 Å². The first-order chi connectivity index (χ1) is 15.5. The third kappa shape index (κ3) is 5.11. The van der Waals surface area contributed by atoms with Crippen LogP contribution in [0.1, 0.15) is 36.2 Å². The monoisotopic (exact) mass is 425 g/mol. The molecule has 0 saturated carbocycles. The van der Waals surface area contributed by atoms with E-state index in [4.69, 9.17) is 4.74 Å². The molecule has 4 aromatic rings. The number of carbonyl (C=O) groups is 1. The molecule has 0 spiro atoms. The molecule has 3 aromatic carbocycles. The third-order valence-corrected chi connectivity index (χ3v) is 5.60. The molecule has 1 heterocycles. The van der Waals surface area contributed by atoms with Crippen LogP contribution in [0.3, 0.4) is 0 Å². The van der Waals surface area contributed by atoms with E-state index in [9.17, 15) is 4.79 Å². The van der Waals surface area contributed by atoms with E-state index in [1.807, 2.05) is 35.1 Å². The topological polar surface area (TPSA) is 57.0 Å². The van der Waals surface area contributed by atoms with Crippen molar-refractivity contribution >= 4 is 5.97 Å². The minimum Gasteiger partial charge on any atom is -0.423 e. The first-order valence-electron chi connectivity index (χ1n) is 10.9. The van der Waals surface area contributed by atoms with Crippen LogP contribution in [0.25, 0.3) is 22.4 Å². The molecule has 5 nitrogen and oxygen atoms in total. The smallest absolute Gasteiger partial charge is 0.343 e. The molecular weight excluding hydrogens is 398 g/mol. The predicted octanol–water partition coefficient (Wildman–Crippen LogP) is 6.19. The van der Waals surface area contributed by atoms with E-state index in [0.29, 0.717) is 17.2 Å². The van der Waals surface area contributed by atoms with Gasteiger partial charge in [0.05, 0.1) is 11.8 Å². The normalized spacial score (nSPS) is 11.8. The molecule has 0 aliphatic heterocycles. The second kappa shape index (κ2) is 9.60. The largest absolute Gasteiger partial charge is 0.423 e. The Kier molecular flexibility index (Phi) is 6.45. The fraction of sp³-hybridized carbons (Fsp3) is 0.222. The van der Waals surface area contributed by atoms with Crippen molar-refractivity contribution in [1.82, 2.24) is 15.0 Å². The number of carbonyl (C=O) groups excluding carboxylic acids is 1. The summed E-state index contributed by atoms with van der Waals surface area (Å²) in [5.74, 6) is 0.665. The average molecular weight is 426 g/mol. The third-order valence-electron chi connectivity index (χ3n) is 5.60. The molecule has 1 aromatic heterocycles. The summed E-state index contributed by atoms with van der Waals surface area (Å²) in [4.78, 5) is 12.5. The van der Waals surface area contributed by atoms with Crippen LogP contribution in [0.5, 0.6) is 5.75 Å². The Morgan fingerprint density at radius 2 is 1.50 bits per heavy atom. The van der Waals surface area contributed by atoms with Crippen molar-refractivity contribution in [1.29, 1.82) is 0 Å². The van der Waals surface area contributed by atoms with Gasteiger partial charge in [0.1, 0.15) is 11.4 Å². The second-order valence-electron chi connectivity index (χ2n) is 8.20. The number of aryl methyl sites for hydroxylation is 1. The highest BCUT2D eigenvalue weighted by Gasteiger charge is 2.11. The molecule has 0 N–H and O–H groups in total. The van der Waals surface area contributed by atoms with Gasteiger partial charge in [-0.15, -0.1) is 5.10 Å². The summed E-state index contributed by atoms with van der Waals surface area (Å²) in [5, 5.41) is 8.46. The molecule has 0 saturated heterocycles. The van der Waals surface area contributed by atoms with Gasteiger partial charge in [0, 0.05) is 12.1 Å². The van der Waals surface area contributed by atoms with Gasteiger partial charge in [-0.3, -0.25) is 4.68 Å². The van der Waals surface area contributed by atoms with Gasteiger partial charge in [-0.2, -0.15) is 0 Å². The lowest BCUT2D eigenvalue weighted by Gasteiger charge is -2.07. The summed E-state index contributed by atoms with van der Waals surface area (Å²) < 4.78 is 7.42. The van der Waals surface area contributed by atoms with Crippen LogP contribution in [-0.4, -0.2) is 21.0 Å². The zero-order valence-electron chi connectivity index (χ0n) is 18.7. The summed E-state index contributed by atoms with van der Waals surface area (Å²) in [5.41, 5.74) is 5.65. The van der Waals surface area contributed by atoms with Gasteiger partial charge in [0.2, 0.25) is 0 Å². The minimum atomic E-state index is -0.382. The van der Waals surface area contributed by atoms with Gasteiger partial charge in [-0.25, -0.2) is 4.79 Å². The number of aromatic nitrogens is 3. The number of hydrogen-bond donors (Lipinski definition) is 0. The molecule has 0 bridgehead atoms. The minimum absolute atomic E-state index is 0.382. The number of rotatable bonds is 7. The highest BCUT2D eigenvalue weighted by atomic mass is 16.5. The molecule has 0 aliphatic rings. The lowest BCUT2D eigenvalue weighted by molar-refractivity contribution is 0.0735. The summed E-state index contributed by atoms with van der Waals surface area (Å²) >= 11 is 0. The van der Waals surface area contributed by atoms with Crippen LogP contribution in [0.15, 0.2) is 79.0 Å². The van der Waals surface area contributed by atoms with Crippen LogP contribution in [0, 0.1) is 12.8 Å². The van der Waals surface area contributed by atoms with Crippen molar-refractivity contribution in [2.75, 3.05) is 0 Å². The standard InChI is InChI=1S/C27H27N3O2/c1-4-19(2)17-30-18-26(28-29-30)23-13-15-25(16-14-23)32-27(31)24-11-9-22(10-12-24)21-7-5-20(3)6-8-21/h5-16,18-19H,4,17H2,1-3H3/t19-/m0/s1. The molecule has 0 aliphatic carbocycles. The molecule has 0 fully saturated rings. The summed E-state index contributed by atoms with van der Waals surface area (Å²) in [6, 6.07) is 23.1. The van der Waals surface area contributed by atoms with Crippen LogP contribution < -0.4 is 4.74 Å². The lowest BCUT2D eigenvalue weighted by Crippen LogP contribution is -2.08. The average Bonchev–Trinajstić information content (AvgIpc) is 3.28. The van der Waals surface area contributed by atoms with E-state index in [1.54, 1.807) is 24.3 Å². The van der Waals surface area contributed by atoms with Gasteiger partial charge in [-0.05, 0) is 60.4 Å². The Morgan fingerprint density at radius 3 is 2.12 bits per heavy atom. The quantitative estimate of drug-likeness (QED) is 0.262. The molecule has 0 radical (unpaired) electrons. The van der Waals surface area contributed by atoms with E-state index in [-0.39, 0.29) is 5.97 Å². The second-order valence-corrected chi connectivity index (χ2v) is 8.20. The fourth-order valence-electron chi connectivity index (χ4n) is 3.37. The van der Waals surface area contributed by atoms with E-state index in [0.717, 1.165) is 35.3 Å². The van der Waals surface area contributed by atoms with Gasteiger partial charge in [0.15, 0.2) is 0 Å². The van der Waals surface area contributed by atoms with E-state index in [1.165, 1.54) is 5.56 Å². The van der Waals surface area contributed by atoms with Gasteiger partial charge in [0.25, 0.3) is 0 Å². The van der Waals surface area contributed by atoms with Crippen molar-refractivity contribution in [3.63, 3.8) is 0 Å². The van der Waals surface area contributed by atoms with Crippen molar-refractivity contribution in [2.45, 2.75) is 33.7 Å². The van der Waals surface area contributed by atoms with Crippen molar-refractivity contribution in [3.05, 3.63) is 90.1 Å². The number of nitrogens with zero attached hydrogens (tertiary/aromatic N) is 3. The summed E-state index contributed by atoms with van der Waals surface area (Å²) in [6.07, 6.45) is 3.05. The number of benzene rings is 3. The highest BCUT2D eigenvalue weighted by molar-refractivity contribution is 5.91. The van der Waals surface area contributed by atoms with Crippen LogP contribution >= 0.6 is 0 Å². The van der Waals surface area contributed by atoms with Crippen LogP contribution in [0.2, 0.25) is 0 Å². The van der Waals surface area contributed by atoms with Crippen molar-refractivity contribution in [3.8, 4) is 28.1 Å². The Hall–Kier alpha value is -3.73. The maximum Gasteiger partial charge on any atom is 0.343 e. The number of ether oxygens (including phenoxy) is 1. The summed E-state index contributed by atoms with van der Waals surface area (Å²) in [6.45, 7) is 7.27. The Bertz CT molecular complexity index is 1180. The fourth-order valence-corrected chi connectivity index (χ4v) is 3.37. The Balaban J connectivity index is 1.40. The molecule has 4 rings (SSSR count). The van der Waals surface area contributed by atoms with Crippen molar-refractivity contribution < 1.29 is 9.53 Å². The van der Waals surface area contributed by atoms with Crippen LogP contribution in [-0.2, 0) is 6.54 Å². The van der Waals surface area contributed by atoms with Gasteiger partial charge in [-0.1, -0.05) is 67.4 Å². The number of esters is 1. The molecule has 0 unspecified atom stereocenters. The Morgan fingerprint density at radius 1 is 0.906 bits per heavy atom. The van der Waals surface area contributed by atoms with Gasteiger partial charge < -0.3 is 4.74 Å². The van der Waals surface area contributed by atoms with Gasteiger partial charge >= 0.3 is 5.97 Å². The maximum absolute atomic E-state index is 12.5. The lowest BCUT2D eigenvalue weighted by atomic mass is 10.0. The zero-order valence-corrected chi connectivity index (χ0v) is 18.7. The molecule has 32 heavy (non-hydrogen) atoms. The molecule has 1 atom stereocenters. The SMILES string of the molecule is CC[C@H](C)Cn1cc(-c2ccc(OC(=O)c3ccc(-c4ccc(C)cc4)cc3)cc2)nn1. The van der Waals surface area contributed by atoms with E-state index >= 15 is 0 Å². The van der Waals surface area contributed by atoms with E-state index < -0.39 is 0 Å². The predicted molar refractivity (Wildman–Crippen MR) is 126 cm³/mol. The molecule has 0 amide bonds. The summed E-state index contributed by atoms with van der Waals surface area (Å²) in [7, 11) is 0. The highest BCUT2D eigenvalue weighted by Crippen LogP contribution is 2.23.